The van der Waals surface area contributed by atoms with Gasteiger partial charge in [-0.3, -0.25) is 0 Å². The molecule has 0 fully saturated rings. The van der Waals surface area contributed by atoms with Crippen LogP contribution in [0.3, 0.4) is 0 Å². The van der Waals surface area contributed by atoms with Crippen LogP contribution in [0.5, 0.6) is 0 Å². The van der Waals surface area contributed by atoms with Crippen LogP contribution >= 0.6 is 0 Å². The third kappa shape index (κ3) is 4.90. The average molecular weight is 840 g/mol. The smallest absolute Gasteiger partial charge is 0.135 e. The molecule has 1 spiro atoms. The van der Waals surface area contributed by atoms with E-state index in [0.717, 1.165) is 33.8 Å². The second kappa shape index (κ2) is 14.0. The van der Waals surface area contributed by atoms with Crippen molar-refractivity contribution in [2.24, 2.45) is 0 Å². The average Bonchev–Trinajstić information content (AvgIpc) is 4.10. The zero-order chi connectivity index (χ0) is 43.4. The molecule has 0 saturated heterocycles. The minimum atomic E-state index is -0.648. The number of hydrogen-bond donors (Lipinski definition) is 0. The maximum Gasteiger partial charge on any atom is 0.135 e. The zero-order valence-corrected chi connectivity index (χ0v) is 36.0. The van der Waals surface area contributed by atoms with Crippen LogP contribution in [0.25, 0.3) is 55.5 Å². The van der Waals surface area contributed by atoms with Crippen LogP contribution in [-0.4, -0.2) is 0 Å². The molecule has 2 nitrogen and oxygen atoms in total. The third-order valence-corrected chi connectivity index (χ3v) is 14.8. The monoisotopic (exact) mass is 839 g/mol. The van der Waals surface area contributed by atoms with E-state index in [4.69, 9.17) is 4.42 Å². The molecule has 1 aromatic heterocycles. The largest absolute Gasteiger partial charge is 0.459 e. The Balaban J connectivity index is 1.04. The molecular formula is C64H41NO. The van der Waals surface area contributed by atoms with Gasteiger partial charge in [-0.25, -0.2) is 0 Å². The third-order valence-electron chi connectivity index (χ3n) is 14.8. The quantitative estimate of drug-likeness (QED) is 0.166. The van der Waals surface area contributed by atoms with Crippen LogP contribution in [0.2, 0.25) is 0 Å². The topological polar surface area (TPSA) is 16.4 Å². The number of nitrogens with zero attached hydrogens (tertiary/aromatic N) is 1. The van der Waals surface area contributed by atoms with E-state index in [0.29, 0.717) is 0 Å². The Kier molecular flexibility index (Phi) is 7.85. The van der Waals surface area contributed by atoms with Crippen molar-refractivity contribution >= 4 is 28.0 Å². The summed E-state index contributed by atoms with van der Waals surface area (Å²) >= 11 is 0. The molecule has 11 aromatic rings. The van der Waals surface area contributed by atoms with Gasteiger partial charge < -0.3 is 9.32 Å². The van der Waals surface area contributed by atoms with Crippen molar-refractivity contribution in [1.82, 2.24) is 0 Å². The van der Waals surface area contributed by atoms with Crippen LogP contribution < -0.4 is 4.90 Å². The fourth-order valence-electron chi connectivity index (χ4n) is 12.1. The molecule has 1 atom stereocenters. The van der Waals surface area contributed by atoms with Gasteiger partial charge >= 0.3 is 0 Å². The first-order chi connectivity index (χ1) is 32.7. The first kappa shape index (κ1) is 37.0. The number of furan rings is 1. The predicted molar refractivity (Wildman–Crippen MR) is 270 cm³/mol. The number of hydrogen-bond acceptors (Lipinski definition) is 2. The van der Waals surface area contributed by atoms with Crippen LogP contribution in [0, 0.1) is 0 Å². The molecule has 10 aromatic carbocycles. The normalized spacial score (nSPS) is 15.5. The maximum atomic E-state index is 7.14. The van der Waals surface area contributed by atoms with Gasteiger partial charge in [0.15, 0.2) is 0 Å². The highest BCUT2D eigenvalue weighted by Gasteiger charge is 2.55. The fraction of sp³-hybridized carbons (Fsp3) is 0.0312. The van der Waals surface area contributed by atoms with Gasteiger partial charge in [0, 0.05) is 28.0 Å². The van der Waals surface area contributed by atoms with Crippen LogP contribution in [0.4, 0.5) is 17.1 Å². The molecule has 1 heterocycles. The summed E-state index contributed by atoms with van der Waals surface area (Å²) in [5.41, 5.74) is 21.6. The Hall–Kier alpha value is -8.46. The first-order valence-corrected chi connectivity index (χ1v) is 22.9. The lowest BCUT2D eigenvalue weighted by Gasteiger charge is -2.35. The number of benzene rings is 10. The van der Waals surface area contributed by atoms with Gasteiger partial charge in [-0.2, -0.15) is 0 Å². The summed E-state index contributed by atoms with van der Waals surface area (Å²) in [5.74, 6) is 0.998. The van der Waals surface area contributed by atoms with Crippen molar-refractivity contribution in [3.63, 3.8) is 0 Å². The SMILES string of the molecule is c1ccc(-c2ccc(N(c3ccc4c(c3)C(c3ccccc3)(c3ccccc3)c3ccccc3-4)c3ccc4c(c3)C3(c5ccccc5-4)c4ccccc4-c4c3oc3ccccc43)cc2)cc1. The van der Waals surface area contributed by atoms with Crippen molar-refractivity contribution in [3.05, 3.63) is 293 Å². The molecule has 1 unspecified atom stereocenters. The highest BCUT2D eigenvalue weighted by molar-refractivity contribution is 6.05. The molecule has 3 aliphatic rings. The van der Waals surface area contributed by atoms with E-state index in [1.165, 1.54) is 83.5 Å². The van der Waals surface area contributed by atoms with Gasteiger partial charge in [0.05, 0.1) is 5.41 Å². The zero-order valence-electron chi connectivity index (χ0n) is 36.0. The molecule has 0 amide bonds. The van der Waals surface area contributed by atoms with Crippen LogP contribution in [0.1, 0.15) is 44.7 Å². The molecule has 2 heteroatoms. The Morgan fingerprint density at radius 3 is 1.33 bits per heavy atom. The number of fused-ring (bicyclic) bond motifs is 15. The molecule has 0 saturated carbocycles. The van der Waals surface area contributed by atoms with Crippen LogP contribution in [0.15, 0.2) is 253 Å². The van der Waals surface area contributed by atoms with E-state index < -0.39 is 10.8 Å². The van der Waals surface area contributed by atoms with Crippen molar-refractivity contribution in [2.75, 3.05) is 4.90 Å². The molecule has 0 radical (unpaired) electrons. The highest BCUT2D eigenvalue weighted by atomic mass is 16.3. The summed E-state index contributed by atoms with van der Waals surface area (Å²) in [5, 5.41) is 1.15. The number of para-hydroxylation sites is 1. The van der Waals surface area contributed by atoms with E-state index in [1.807, 2.05) is 0 Å². The summed E-state index contributed by atoms with van der Waals surface area (Å²) in [4.78, 5) is 2.47. The number of rotatable bonds is 6. The second-order valence-corrected chi connectivity index (χ2v) is 17.9. The van der Waals surface area contributed by atoms with Gasteiger partial charge in [-0.1, -0.05) is 206 Å². The molecule has 3 aliphatic carbocycles. The lowest BCUT2D eigenvalue weighted by Crippen LogP contribution is -2.28. The van der Waals surface area contributed by atoms with Crippen molar-refractivity contribution in [1.29, 1.82) is 0 Å². The van der Waals surface area contributed by atoms with Crippen molar-refractivity contribution in [2.45, 2.75) is 10.8 Å². The van der Waals surface area contributed by atoms with E-state index >= 15 is 0 Å². The van der Waals surface area contributed by atoms with Gasteiger partial charge in [-0.15, -0.1) is 0 Å². The number of anilines is 3. The summed E-state index contributed by atoms with van der Waals surface area (Å²) in [6.45, 7) is 0. The highest BCUT2D eigenvalue weighted by Crippen LogP contribution is 2.65. The van der Waals surface area contributed by atoms with E-state index in [2.05, 4.69) is 254 Å². The molecule has 0 N–H and O–H groups in total. The molecule has 14 rings (SSSR count). The standard InChI is InChI=1S/C64H41NO/c1-4-18-42(19-5-1)43-32-34-46(35-33-43)65(47-36-38-51-49-24-10-14-28-55(49)63(58(51)40-47,44-20-6-2-7-21-44)45-22-8-3-9-23-45)48-37-39-52-50-25-11-15-29-56(50)64(59(52)41-48)57-30-16-12-26-53(57)61-54-27-13-17-31-60(54)66-62(61)64/h1-41H. The van der Waals surface area contributed by atoms with Crippen molar-refractivity contribution in [3.8, 4) is 44.5 Å². The molecule has 308 valence electrons. The summed E-state index contributed by atoms with van der Waals surface area (Å²) in [6, 6.07) is 91.7. The Bertz CT molecular complexity index is 3660. The van der Waals surface area contributed by atoms with Gasteiger partial charge in [-0.05, 0) is 120 Å². The van der Waals surface area contributed by atoms with E-state index in [-0.39, 0.29) is 0 Å². The lowest BCUT2D eigenvalue weighted by atomic mass is 9.67. The molecule has 66 heavy (non-hydrogen) atoms. The van der Waals surface area contributed by atoms with Crippen LogP contribution in [-0.2, 0) is 10.8 Å². The maximum absolute atomic E-state index is 7.14. The Morgan fingerprint density at radius 2 is 0.727 bits per heavy atom. The minimum absolute atomic E-state index is 0.540. The summed E-state index contributed by atoms with van der Waals surface area (Å²) < 4.78 is 7.14. The fourth-order valence-corrected chi connectivity index (χ4v) is 12.1. The Morgan fingerprint density at radius 1 is 0.303 bits per heavy atom. The van der Waals surface area contributed by atoms with E-state index in [1.54, 1.807) is 0 Å². The summed E-state index contributed by atoms with van der Waals surface area (Å²) in [6.07, 6.45) is 0. The van der Waals surface area contributed by atoms with Gasteiger partial charge in [0.25, 0.3) is 0 Å². The predicted octanol–water partition coefficient (Wildman–Crippen LogP) is 16.3. The van der Waals surface area contributed by atoms with Crippen molar-refractivity contribution < 1.29 is 4.42 Å². The summed E-state index contributed by atoms with van der Waals surface area (Å²) in [7, 11) is 0. The van der Waals surface area contributed by atoms with E-state index in [9.17, 15) is 0 Å². The molecule has 0 aliphatic heterocycles. The first-order valence-electron chi connectivity index (χ1n) is 22.9. The lowest BCUT2D eigenvalue weighted by molar-refractivity contribution is 0.507. The molecular weight excluding hydrogens is 799 g/mol. The molecule has 0 bridgehead atoms. The second-order valence-electron chi connectivity index (χ2n) is 17.9. The van der Waals surface area contributed by atoms with Gasteiger partial charge in [0.2, 0.25) is 0 Å². The minimum Gasteiger partial charge on any atom is -0.459 e. The Labute approximate surface area is 384 Å². The van der Waals surface area contributed by atoms with Gasteiger partial charge in [0.1, 0.15) is 16.8 Å².